The molecule has 4 nitrogen and oxygen atoms in total. The summed E-state index contributed by atoms with van der Waals surface area (Å²) in [5.41, 5.74) is 1.22. The standard InChI is InChI=1S/C15H23NO3/c1-17-10-9-16-8-4-5-14(16)13-11-12(18-2)6-7-15(13)19-3/h6-7,11,14H,4-5,8-10H2,1-3H3/t14-/m0/s1. The topological polar surface area (TPSA) is 30.9 Å². The van der Waals surface area contributed by atoms with E-state index in [1.807, 2.05) is 12.1 Å². The lowest BCUT2D eigenvalue weighted by Gasteiger charge is -2.26. The van der Waals surface area contributed by atoms with Crippen molar-refractivity contribution in [3.05, 3.63) is 23.8 Å². The third-order valence-corrected chi connectivity index (χ3v) is 3.74. The molecule has 1 atom stereocenters. The minimum absolute atomic E-state index is 0.403. The van der Waals surface area contributed by atoms with E-state index in [9.17, 15) is 0 Å². The van der Waals surface area contributed by atoms with Crippen LogP contribution in [0.2, 0.25) is 0 Å². The summed E-state index contributed by atoms with van der Waals surface area (Å²) >= 11 is 0. The summed E-state index contributed by atoms with van der Waals surface area (Å²) in [6, 6.07) is 6.42. The van der Waals surface area contributed by atoms with E-state index in [1.165, 1.54) is 12.0 Å². The van der Waals surface area contributed by atoms with Gasteiger partial charge in [-0.05, 0) is 37.6 Å². The predicted molar refractivity (Wildman–Crippen MR) is 75.0 cm³/mol. The molecular weight excluding hydrogens is 242 g/mol. The molecule has 0 bridgehead atoms. The van der Waals surface area contributed by atoms with Gasteiger partial charge in [0.15, 0.2) is 0 Å². The largest absolute Gasteiger partial charge is 0.497 e. The average molecular weight is 265 g/mol. The van der Waals surface area contributed by atoms with Crippen LogP contribution in [-0.4, -0.2) is 45.9 Å². The molecule has 1 aliphatic rings. The Morgan fingerprint density at radius 1 is 1.21 bits per heavy atom. The molecule has 1 aromatic carbocycles. The van der Waals surface area contributed by atoms with Crippen LogP contribution in [0.4, 0.5) is 0 Å². The molecule has 0 unspecified atom stereocenters. The minimum atomic E-state index is 0.403. The first-order valence-corrected chi connectivity index (χ1v) is 6.75. The van der Waals surface area contributed by atoms with Crippen molar-refractivity contribution in [1.82, 2.24) is 4.90 Å². The van der Waals surface area contributed by atoms with E-state index in [1.54, 1.807) is 21.3 Å². The van der Waals surface area contributed by atoms with E-state index >= 15 is 0 Å². The smallest absolute Gasteiger partial charge is 0.123 e. The second-order valence-electron chi connectivity index (χ2n) is 4.79. The fourth-order valence-electron chi connectivity index (χ4n) is 2.75. The van der Waals surface area contributed by atoms with Crippen molar-refractivity contribution in [2.45, 2.75) is 18.9 Å². The minimum Gasteiger partial charge on any atom is -0.497 e. The highest BCUT2D eigenvalue weighted by atomic mass is 16.5. The predicted octanol–water partition coefficient (Wildman–Crippen LogP) is 2.49. The van der Waals surface area contributed by atoms with Gasteiger partial charge in [0.1, 0.15) is 11.5 Å². The highest BCUT2D eigenvalue weighted by Crippen LogP contribution is 2.38. The van der Waals surface area contributed by atoms with Crippen LogP contribution in [0.25, 0.3) is 0 Å². The van der Waals surface area contributed by atoms with Crippen molar-refractivity contribution in [1.29, 1.82) is 0 Å². The Bertz CT molecular complexity index is 408. The number of rotatable bonds is 6. The maximum Gasteiger partial charge on any atom is 0.123 e. The van der Waals surface area contributed by atoms with Crippen molar-refractivity contribution in [2.75, 3.05) is 41.0 Å². The lowest BCUT2D eigenvalue weighted by Crippen LogP contribution is -2.27. The van der Waals surface area contributed by atoms with Gasteiger partial charge in [-0.25, -0.2) is 0 Å². The molecule has 0 aliphatic carbocycles. The Labute approximate surface area is 115 Å². The van der Waals surface area contributed by atoms with Gasteiger partial charge in [-0.2, -0.15) is 0 Å². The van der Waals surface area contributed by atoms with Gasteiger partial charge < -0.3 is 14.2 Å². The zero-order chi connectivity index (χ0) is 13.7. The van der Waals surface area contributed by atoms with Gasteiger partial charge in [0.05, 0.1) is 20.8 Å². The summed E-state index contributed by atoms with van der Waals surface area (Å²) in [6.07, 6.45) is 2.38. The molecule has 1 heterocycles. The van der Waals surface area contributed by atoms with E-state index in [-0.39, 0.29) is 0 Å². The molecule has 106 valence electrons. The average Bonchev–Trinajstić information content (AvgIpc) is 2.92. The van der Waals surface area contributed by atoms with Crippen molar-refractivity contribution in [2.24, 2.45) is 0 Å². The van der Waals surface area contributed by atoms with Gasteiger partial charge >= 0.3 is 0 Å². The van der Waals surface area contributed by atoms with E-state index in [0.717, 1.165) is 37.6 Å². The van der Waals surface area contributed by atoms with Gasteiger partial charge in [0.25, 0.3) is 0 Å². The molecule has 1 aliphatic heterocycles. The summed E-state index contributed by atoms with van der Waals surface area (Å²) in [4.78, 5) is 2.46. The van der Waals surface area contributed by atoms with Crippen LogP contribution in [0.3, 0.4) is 0 Å². The van der Waals surface area contributed by atoms with E-state index < -0.39 is 0 Å². The van der Waals surface area contributed by atoms with Gasteiger partial charge in [-0.15, -0.1) is 0 Å². The van der Waals surface area contributed by atoms with Gasteiger partial charge in [-0.3, -0.25) is 4.90 Å². The van der Waals surface area contributed by atoms with Gasteiger partial charge in [0.2, 0.25) is 0 Å². The monoisotopic (exact) mass is 265 g/mol. The Hall–Kier alpha value is -1.26. The number of hydrogen-bond acceptors (Lipinski definition) is 4. The van der Waals surface area contributed by atoms with Crippen LogP contribution < -0.4 is 9.47 Å². The fourth-order valence-corrected chi connectivity index (χ4v) is 2.75. The molecule has 0 amide bonds. The molecule has 19 heavy (non-hydrogen) atoms. The maximum atomic E-state index is 5.50. The summed E-state index contributed by atoms with van der Waals surface area (Å²) in [7, 11) is 5.17. The fraction of sp³-hybridized carbons (Fsp3) is 0.600. The first kappa shape index (κ1) is 14.2. The SMILES string of the molecule is COCCN1CCC[C@H]1c1cc(OC)ccc1OC. The van der Waals surface area contributed by atoms with Crippen LogP contribution in [0.1, 0.15) is 24.4 Å². The number of likely N-dealkylation sites (tertiary alicyclic amines) is 1. The molecule has 0 spiro atoms. The first-order chi connectivity index (χ1) is 9.30. The Morgan fingerprint density at radius 3 is 2.74 bits per heavy atom. The molecular formula is C15H23NO3. The van der Waals surface area contributed by atoms with E-state index in [2.05, 4.69) is 11.0 Å². The molecule has 2 rings (SSSR count). The molecule has 1 fully saturated rings. The third-order valence-electron chi connectivity index (χ3n) is 3.74. The number of hydrogen-bond donors (Lipinski definition) is 0. The zero-order valence-electron chi connectivity index (χ0n) is 12.0. The van der Waals surface area contributed by atoms with Crippen LogP contribution in [0.5, 0.6) is 11.5 Å². The van der Waals surface area contributed by atoms with Crippen LogP contribution in [0, 0.1) is 0 Å². The Balaban J connectivity index is 2.23. The van der Waals surface area contributed by atoms with Crippen LogP contribution in [-0.2, 0) is 4.74 Å². The Morgan fingerprint density at radius 2 is 2.05 bits per heavy atom. The molecule has 0 radical (unpaired) electrons. The van der Waals surface area contributed by atoms with Crippen molar-refractivity contribution in [3.8, 4) is 11.5 Å². The molecule has 0 saturated carbocycles. The van der Waals surface area contributed by atoms with Crippen molar-refractivity contribution in [3.63, 3.8) is 0 Å². The van der Waals surface area contributed by atoms with Crippen molar-refractivity contribution < 1.29 is 14.2 Å². The van der Waals surface area contributed by atoms with Crippen LogP contribution >= 0.6 is 0 Å². The zero-order valence-corrected chi connectivity index (χ0v) is 12.0. The number of ether oxygens (including phenoxy) is 3. The van der Waals surface area contributed by atoms with Crippen LogP contribution in [0.15, 0.2) is 18.2 Å². The lowest BCUT2D eigenvalue weighted by atomic mass is 10.0. The van der Waals surface area contributed by atoms with E-state index in [0.29, 0.717) is 6.04 Å². The van der Waals surface area contributed by atoms with Gasteiger partial charge in [0, 0.05) is 25.3 Å². The normalized spacial score (nSPS) is 19.6. The summed E-state index contributed by atoms with van der Waals surface area (Å²) < 4.78 is 16.0. The molecule has 1 saturated heterocycles. The molecule has 1 aromatic rings. The first-order valence-electron chi connectivity index (χ1n) is 6.75. The quantitative estimate of drug-likeness (QED) is 0.790. The highest BCUT2D eigenvalue weighted by molar-refractivity contribution is 5.42. The second kappa shape index (κ2) is 6.78. The number of methoxy groups -OCH3 is 3. The van der Waals surface area contributed by atoms with Gasteiger partial charge in [-0.1, -0.05) is 0 Å². The second-order valence-corrected chi connectivity index (χ2v) is 4.79. The number of benzene rings is 1. The molecule has 4 heteroatoms. The highest BCUT2D eigenvalue weighted by Gasteiger charge is 2.28. The summed E-state index contributed by atoms with van der Waals surface area (Å²) in [6.45, 7) is 2.85. The maximum absolute atomic E-state index is 5.50. The number of nitrogens with zero attached hydrogens (tertiary/aromatic N) is 1. The lowest BCUT2D eigenvalue weighted by molar-refractivity contribution is 0.140. The summed E-state index contributed by atoms with van der Waals surface area (Å²) in [5.74, 6) is 1.82. The van der Waals surface area contributed by atoms with E-state index in [4.69, 9.17) is 14.2 Å². The molecule has 0 N–H and O–H groups in total. The Kier molecular flexibility index (Phi) is 5.05. The molecule has 0 aromatic heterocycles. The third kappa shape index (κ3) is 3.19. The van der Waals surface area contributed by atoms with Crippen molar-refractivity contribution >= 4 is 0 Å². The summed E-state index contributed by atoms with van der Waals surface area (Å²) in [5, 5.41) is 0.